The van der Waals surface area contributed by atoms with Gasteiger partial charge in [0.2, 0.25) is 0 Å². The summed E-state index contributed by atoms with van der Waals surface area (Å²) in [6.45, 7) is 6.75. The number of allylic oxidation sites excluding steroid dienone is 5. The smallest absolute Gasteiger partial charge is 0.188 e. The summed E-state index contributed by atoms with van der Waals surface area (Å²) < 4.78 is 10.8. The van der Waals surface area contributed by atoms with Gasteiger partial charge in [0.05, 0.1) is 5.88 Å². The van der Waals surface area contributed by atoms with Gasteiger partial charge in [0.1, 0.15) is 5.75 Å². The van der Waals surface area contributed by atoms with Crippen LogP contribution in [0.1, 0.15) is 44.7 Å². The first-order valence-corrected chi connectivity index (χ1v) is 9.95. The summed E-state index contributed by atoms with van der Waals surface area (Å²) in [5.74, 6) is 1.71. The summed E-state index contributed by atoms with van der Waals surface area (Å²) >= 11 is 1.76. The maximum absolute atomic E-state index is 5.74. The lowest BCUT2D eigenvalue weighted by atomic mass is 10.0. The van der Waals surface area contributed by atoms with Crippen molar-refractivity contribution in [2.45, 2.75) is 40.0 Å². The minimum absolute atomic E-state index is 0.263. The van der Waals surface area contributed by atoms with E-state index in [-0.39, 0.29) is 6.79 Å². The number of ether oxygens (including phenoxy) is 2. The molecular formula is C22H29NO2S. The molecule has 0 saturated carbocycles. The molecule has 4 heteroatoms. The highest BCUT2D eigenvalue weighted by molar-refractivity contribution is 8.04. The Hall–Kier alpha value is -1.78. The topological polar surface area (TPSA) is 30.8 Å². The van der Waals surface area contributed by atoms with Gasteiger partial charge in [0.15, 0.2) is 6.79 Å². The Bertz CT molecular complexity index is 713. The highest BCUT2D eigenvalue weighted by Gasteiger charge is 2.06. The number of aliphatic imine (C=N–C) groups is 1. The van der Waals surface area contributed by atoms with Crippen LogP contribution in [0.4, 0.5) is 0 Å². The van der Waals surface area contributed by atoms with E-state index >= 15 is 0 Å². The Morgan fingerprint density at radius 3 is 2.77 bits per heavy atom. The second-order valence-corrected chi connectivity index (χ2v) is 7.64. The molecule has 0 unspecified atom stereocenters. The highest BCUT2D eigenvalue weighted by Crippen LogP contribution is 2.26. The van der Waals surface area contributed by atoms with Crippen LogP contribution >= 0.6 is 11.8 Å². The molecule has 1 aromatic carbocycles. The average molecular weight is 372 g/mol. The number of methoxy groups -OCH3 is 1. The molecule has 0 N–H and O–H groups in total. The average Bonchev–Trinajstić information content (AvgIpc) is 3.11. The largest absolute Gasteiger partial charge is 0.467 e. The number of nitrogens with zero attached hydrogens (tertiary/aromatic N) is 1. The molecule has 1 aliphatic heterocycles. The molecule has 26 heavy (non-hydrogen) atoms. The zero-order valence-electron chi connectivity index (χ0n) is 16.2. The van der Waals surface area contributed by atoms with Crippen LogP contribution in [0.15, 0.2) is 51.4 Å². The quantitative estimate of drug-likeness (QED) is 0.393. The molecular weight excluding hydrogens is 342 g/mol. The van der Waals surface area contributed by atoms with Crippen molar-refractivity contribution >= 4 is 24.1 Å². The Morgan fingerprint density at radius 1 is 1.23 bits per heavy atom. The second-order valence-electron chi connectivity index (χ2n) is 6.62. The zero-order chi connectivity index (χ0) is 18.8. The van der Waals surface area contributed by atoms with E-state index in [1.807, 2.05) is 12.3 Å². The molecule has 0 spiro atoms. The van der Waals surface area contributed by atoms with Gasteiger partial charge >= 0.3 is 0 Å². The lowest BCUT2D eigenvalue weighted by molar-refractivity contribution is 0.0505. The van der Waals surface area contributed by atoms with Crippen LogP contribution in [0.2, 0.25) is 0 Å². The maximum atomic E-state index is 5.74. The van der Waals surface area contributed by atoms with Gasteiger partial charge in [-0.1, -0.05) is 29.4 Å². The molecule has 0 amide bonds. The van der Waals surface area contributed by atoms with E-state index in [4.69, 9.17) is 9.47 Å². The van der Waals surface area contributed by atoms with Crippen molar-refractivity contribution in [3.8, 4) is 5.75 Å². The Labute approximate surface area is 161 Å². The van der Waals surface area contributed by atoms with Crippen molar-refractivity contribution in [2.24, 2.45) is 4.99 Å². The van der Waals surface area contributed by atoms with Gasteiger partial charge in [0, 0.05) is 18.2 Å². The standard InChI is InChI=1S/C22H29NO2S/c1-17(2)6-5-7-18(3)8-10-20-12-19(13-21-14-23-15-26-21)9-11-22(20)25-16-24-4/h6,8-9,11-14H,5,7,10,15-16H2,1-4H3. The minimum atomic E-state index is 0.263. The van der Waals surface area contributed by atoms with E-state index in [9.17, 15) is 0 Å². The second kappa shape index (κ2) is 11.0. The molecule has 1 heterocycles. The van der Waals surface area contributed by atoms with E-state index in [1.165, 1.54) is 27.2 Å². The van der Waals surface area contributed by atoms with Gasteiger partial charge in [-0.2, -0.15) is 0 Å². The molecule has 2 rings (SSSR count). The fourth-order valence-electron chi connectivity index (χ4n) is 2.61. The van der Waals surface area contributed by atoms with Crippen LogP contribution in [0.25, 0.3) is 6.08 Å². The molecule has 0 aliphatic carbocycles. The van der Waals surface area contributed by atoms with Crippen LogP contribution in [0.3, 0.4) is 0 Å². The van der Waals surface area contributed by atoms with E-state index < -0.39 is 0 Å². The van der Waals surface area contributed by atoms with Crippen LogP contribution in [-0.2, 0) is 11.2 Å². The normalized spacial score (nSPS) is 15.5. The maximum Gasteiger partial charge on any atom is 0.188 e. The van der Waals surface area contributed by atoms with Crippen molar-refractivity contribution in [3.05, 3.63) is 57.5 Å². The number of thioether (sulfide) groups is 1. The van der Waals surface area contributed by atoms with E-state index in [0.717, 1.165) is 30.9 Å². The first-order chi connectivity index (χ1) is 12.6. The predicted octanol–water partition coefficient (Wildman–Crippen LogP) is 6.02. The number of rotatable bonds is 9. The summed E-state index contributed by atoms with van der Waals surface area (Å²) in [6, 6.07) is 6.31. The van der Waals surface area contributed by atoms with Crippen LogP contribution in [0.5, 0.6) is 5.75 Å². The summed E-state index contributed by atoms with van der Waals surface area (Å²) in [5, 5.41) is 0. The summed E-state index contributed by atoms with van der Waals surface area (Å²) in [4.78, 5) is 5.46. The minimum Gasteiger partial charge on any atom is -0.467 e. The number of hydrogen-bond acceptors (Lipinski definition) is 4. The predicted molar refractivity (Wildman–Crippen MR) is 114 cm³/mol. The third-order valence-corrected chi connectivity index (χ3v) is 4.85. The van der Waals surface area contributed by atoms with Crippen molar-refractivity contribution in [2.75, 3.05) is 19.8 Å². The summed E-state index contributed by atoms with van der Waals surface area (Å²) in [7, 11) is 1.64. The van der Waals surface area contributed by atoms with E-state index in [2.05, 4.69) is 56.1 Å². The molecule has 140 valence electrons. The Kier molecular flexibility index (Phi) is 8.72. The molecule has 0 aromatic heterocycles. The van der Waals surface area contributed by atoms with Gasteiger partial charge in [-0.15, -0.1) is 11.8 Å². The van der Waals surface area contributed by atoms with Crippen LogP contribution in [-0.4, -0.2) is 26.0 Å². The molecule has 3 nitrogen and oxygen atoms in total. The molecule has 0 bridgehead atoms. The molecule has 0 atom stereocenters. The fourth-order valence-corrected chi connectivity index (χ4v) is 3.27. The van der Waals surface area contributed by atoms with E-state index in [0.29, 0.717) is 0 Å². The third-order valence-electron chi connectivity index (χ3n) is 4.01. The number of hydrogen-bond donors (Lipinski definition) is 0. The summed E-state index contributed by atoms with van der Waals surface area (Å²) in [6.07, 6.45) is 11.8. The first kappa shape index (κ1) is 20.5. The van der Waals surface area contributed by atoms with E-state index in [1.54, 1.807) is 18.9 Å². The lowest BCUT2D eigenvalue weighted by Gasteiger charge is -2.11. The summed E-state index contributed by atoms with van der Waals surface area (Å²) in [5.41, 5.74) is 5.14. The van der Waals surface area contributed by atoms with Gasteiger partial charge in [-0.25, -0.2) is 0 Å². The highest BCUT2D eigenvalue weighted by atomic mass is 32.2. The lowest BCUT2D eigenvalue weighted by Crippen LogP contribution is -2.02. The molecule has 0 saturated heterocycles. The zero-order valence-corrected chi connectivity index (χ0v) is 17.1. The van der Waals surface area contributed by atoms with Gasteiger partial charge in [-0.3, -0.25) is 4.99 Å². The van der Waals surface area contributed by atoms with Crippen molar-refractivity contribution in [3.63, 3.8) is 0 Å². The Balaban J connectivity index is 2.12. The van der Waals surface area contributed by atoms with Crippen molar-refractivity contribution < 1.29 is 9.47 Å². The fraction of sp³-hybridized carbons (Fsp3) is 0.409. The monoisotopic (exact) mass is 371 g/mol. The first-order valence-electron chi connectivity index (χ1n) is 8.96. The van der Waals surface area contributed by atoms with Crippen LogP contribution in [0, 0.1) is 0 Å². The molecule has 0 fully saturated rings. The van der Waals surface area contributed by atoms with Crippen molar-refractivity contribution in [1.82, 2.24) is 0 Å². The molecule has 0 radical (unpaired) electrons. The van der Waals surface area contributed by atoms with Gasteiger partial charge < -0.3 is 9.47 Å². The number of benzene rings is 1. The Morgan fingerprint density at radius 2 is 2.08 bits per heavy atom. The molecule has 1 aliphatic rings. The molecule has 1 aromatic rings. The van der Waals surface area contributed by atoms with Crippen molar-refractivity contribution in [1.29, 1.82) is 0 Å². The third kappa shape index (κ3) is 7.22. The SMILES string of the molecule is COCOc1ccc(C=C2C=NCS2)cc1CC=C(C)CCC=C(C)C. The van der Waals surface area contributed by atoms with Gasteiger partial charge in [0.25, 0.3) is 0 Å². The van der Waals surface area contributed by atoms with Gasteiger partial charge in [-0.05, 0) is 69.4 Å². The van der Waals surface area contributed by atoms with Crippen LogP contribution < -0.4 is 4.74 Å².